The Balaban J connectivity index is 4.52. The highest BCUT2D eigenvalue weighted by molar-refractivity contribution is 7.23. The topological polar surface area (TPSA) is 74.6 Å². The molecule has 0 rings (SSSR count). The third-order valence-corrected chi connectivity index (χ3v) is 2.19. The second kappa shape index (κ2) is 3.67. The summed E-state index contributed by atoms with van der Waals surface area (Å²) in [5, 5.41) is 15.4. The Labute approximate surface area is 66.8 Å². The van der Waals surface area contributed by atoms with E-state index in [9.17, 15) is 9.59 Å². The smallest absolute Gasteiger partial charge is 0.324 e. The molecule has 64 valence electrons. The number of hydrogen-bond acceptors (Lipinski definition) is 2. The summed E-state index contributed by atoms with van der Waals surface area (Å²) in [4.78, 5) is 20.9. The molecular weight excluding hydrogens is 167 g/mol. The van der Waals surface area contributed by atoms with Crippen LogP contribution in [0.2, 0.25) is 0 Å². The molecule has 0 aromatic heterocycles. The van der Waals surface area contributed by atoms with Gasteiger partial charge in [-0.25, -0.2) is 0 Å². The molecule has 0 aliphatic heterocycles. The van der Waals surface area contributed by atoms with Crippen molar-refractivity contribution in [3.8, 4) is 0 Å². The molecule has 5 heteroatoms. The number of carboxylic acids is 2. The van der Waals surface area contributed by atoms with Gasteiger partial charge in [-0.1, -0.05) is 13.3 Å². The molecule has 0 amide bonds. The van der Waals surface area contributed by atoms with Gasteiger partial charge in [-0.15, -0.1) is 9.24 Å². The van der Waals surface area contributed by atoms with Crippen LogP contribution in [0, 0.1) is 0 Å². The number of aliphatic carboxylic acids is 2. The molecule has 0 aliphatic rings. The van der Waals surface area contributed by atoms with E-state index in [0.29, 0.717) is 6.42 Å². The third-order valence-electron chi connectivity index (χ3n) is 1.41. The lowest BCUT2D eigenvalue weighted by atomic mass is 10.0. The molecule has 0 aromatic rings. The van der Waals surface area contributed by atoms with Gasteiger partial charge in [0.25, 0.3) is 0 Å². The average molecular weight is 178 g/mol. The summed E-state index contributed by atoms with van der Waals surface area (Å²) < 4.78 is 0. The average Bonchev–Trinajstić information content (AvgIpc) is 1.87. The highest BCUT2D eigenvalue weighted by Gasteiger charge is 2.40. The summed E-state index contributed by atoms with van der Waals surface area (Å²) in [6, 6.07) is 0. The summed E-state index contributed by atoms with van der Waals surface area (Å²) in [6.07, 6.45) is 0.657. The zero-order valence-electron chi connectivity index (χ0n) is 6.20. The molecule has 0 saturated heterocycles. The van der Waals surface area contributed by atoms with Crippen LogP contribution in [0.25, 0.3) is 0 Å². The molecular formula is C6H11O4P. The van der Waals surface area contributed by atoms with Crippen molar-refractivity contribution in [2.45, 2.75) is 24.9 Å². The van der Waals surface area contributed by atoms with Crippen LogP contribution in [0.3, 0.4) is 0 Å². The minimum Gasteiger partial charge on any atom is -0.480 e. The minimum atomic E-state index is -1.70. The molecule has 0 aliphatic carbocycles. The minimum absolute atomic E-state index is 0.127. The van der Waals surface area contributed by atoms with Crippen LogP contribution in [0.5, 0.6) is 0 Å². The maximum absolute atomic E-state index is 10.5. The van der Waals surface area contributed by atoms with Crippen LogP contribution in [0.1, 0.15) is 19.8 Å². The van der Waals surface area contributed by atoms with Gasteiger partial charge in [-0.05, 0) is 6.42 Å². The van der Waals surface area contributed by atoms with Gasteiger partial charge in [0.1, 0.15) is 0 Å². The predicted octanol–water partition coefficient (Wildman–Crippen LogP) is 0.570. The van der Waals surface area contributed by atoms with Gasteiger partial charge in [-0.3, -0.25) is 9.59 Å². The van der Waals surface area contributed by atoms with E-state index < -0.39 is 17.1 Å². The van der Waals surface area contributed by atoms with E-state index in [1.54, 1.807) is 6.92 Å². The van der Waals surface area contributed by atoms with Crippen molar-refractivity contribution < 1.29 is 19.8 Å². The van der Waals surface area contributed by atoms with E-state index in [1.165, 1.54) is 0 Å². The molecule has 0 bridgehead atoms. The van der Waals surface area contributed by atoms with E-state index in [4.69, 9.17) is 10.2 Å². The maximum Gasteiger partial charge on any atom is 0.324 e. The predicted molar refractivity (Wildman–Crippen MR) is 42.6 cm³/mol. The molecule has 0 radical (unpaired) electrons. The van der Waals surface area contributed by atoms with Gasteiger partial charge in [0.05, 0.1) is 0 Å². The van der Waals surface area contributed by atoms with E-state index in [1.807, 2.05) is 9.24 Å². The zero-order valence-corrected chi connectivity index (χ0v) is 7.36. The lowest BCUT2D eigenvalue weighted by Gasteiger charge is -2.17. The Morgan fingerprint density at radius 1 is 1.36 bits per heavy atom. The largest absolute Gasteiger partial charge is 0.480 e. The molecule has 11 heavy (non-hydrogen) atoms. The van der Waals surface area contributed by atoms with Crippen molar-refractivity contribution in [2.24, 2.45) is 0 Å². The van der Waals surface area contributed by atoms with Crippen molar-refractivity contribution in [3.63, 3.8) is 0 Å². The molecule has 0 aromatic carbocycles. The Kier molecular flexibility index (Phi) is 3.46. The van der Waals surface area contributed by atoms with Crippen LogP contribution >= 0.6 is 9.24 Å². The summed E-state index contributed by atoms with van der Waals surface area (Å²) in [6.45, 7) is 1.74. The quantitative estimate of drug-likeness (QED) is 0.487. The van der Waals surface area contributed by atoms with Crippen LogP contribution < -0.4 is 0 Å². The maximum atomic E-state index is 10.5. The van der Waals surface area contributed by atoms with Crippen LogP contribution in [-0.2, 0) is 9.59 Å². The fraction of sp³-hybridized carbons (Fsp3) is 0.667. The molecule has 1 unspecified atom stereocenters. The number of hydrogen-bond donors (Lipinski definition) is 2. The van der Waals surface area contributed by atoms with Crippen molar-refractivity contribution in [2.75, 3.05) is 0 Å². The van der Waals surface area contributed by atoms with Crippen molar-refractivity contribution in [3.05, 3.63) is 0 Å². The fourth-order valence-electron chi connectivity index (χ4n) is 0.700. The lowest BCUT2D eigenvalue weighted by Crippen LogP contribution is -2.40. The van der Waals surface area contributed by atoms with Crippen LogP contribution in [0.15, 0.2) is 0 Å². The monoisotopic (exact) mass is 178 g/mol. The summed E-state index contributed by atoms with van der Waals surface area (Å²) >= 11 is 0. The summed E-state index contributed by atoms with van der Waals surface area (Å²) in [5.41, 5.74) is 0. The van der Waals surface area contributed by atoms with Crippen LogP contribution in [-0.4, -0.2) is 27.3 Å². The van der Waals surface area contributed by atoms with Gasteiger partial charge in [-0.2, -0.15) is 0 Å². The van der Waals surface area contributed by atoms with Gasteiger partial charge in [0.15, 0.2) is 5.16 Å². The first-order chi connectivity index (χ1) is 4.95. The number of rotatable bonds is 4. The first-order valence-corrected chi connectivity index (χ1v) is 3.78. The molecule has 2 N–H and O–H groups in total. The van der Waals surface area contributed by atoms with Crippen molar-refractivity contribution >= 4 is 21.2 Å². The van der Waals surface area contributed by atoms with E-state index >= 15 is 0 Å². The van der Waals surface area contributed by atoms with Crippen molar-refractivity contribution in [1.29, 1.82) is 0 Å². The summed E-state index contributed by atoms with van der Waals surface area (Å²) in [5.74, 6) is -2.62. The first-order valence-electron chi connectivity index (χ1n) is 3.20. The standard InChI is InChI=1S/C6H11O4P/c1-2-3-6(11,4(7)8)5(9)10/h2-3,11H2,1H3,(H,7,8)(H,9,10). The van der Waals surface area contributed by atoms with Gasteiger partial charge < -0.3 is 10.2 Å². The van der Waals surface area contributed by atoms with Crippen LogP contribution in [0.4, 0.5) is 0 Å². The second-order valence-corrected chi connectivity index (χ2v) is 3.32. The Morgan fingerprint density at radius 2 is 1.73 bits per heavy atom. The molecule has 0 heterocycles. The normalized spacial score (nSPS) is 11.1. The highest BCUT2D eigenvalue weighted by atomic mass is 31.0. The number of carbonyl (C=O) groups is 2. The van der Waals surface area contributed by atoms with E-state index in [2.05, 4.69) is 0 Å². The molecule has 0 saturated carbocycles. The van der Waals surface area contributed by atoms with E-state index in [0.717, 1.165) is 0 Å². The van der Waals surface area contributed by atoms with Gasteiger partial charge in [0, 0.05) is 0 Å². The Bertz CT molecular complexity index is 163. The zero-order chi connectivity index (χ0) is 9.07. The first kappa shape index (κ1) is 10.4. The molecule has 1 atom stereocenters. The Hall–Kier alpha value is -0.630. The molecule has 0 spiro atoms. The van der Waals surface area contributed by atoms with E-state index in [-0.39, 0.29) is 6.42 Å². The summed E-state index contributed by atoms with van der Waals surface area (Å²) in [7, 11) is 1.87. The van der Waals surface area contributed by atoms with Gasteiger partial charge >= 0.3 is 11.9 Å². The highest BCUT2D eigenvalue weighted by Crippen LogP contribution is 2.25. The number of carboxylic acid groups (broad SMARTS) is 2. The van der Waals surface area contributed by atoms with Crippen molar-refractivity contribution in [1.82, 2.24) is 0 Å². The molecule has 0 fully saturated rings. The SMILES string of the molecule is CCCC(P)(C(=O)O)C(=O)O. The Morgan fingerprint density at radius 3 is 1.82 bits per heavy atom. The fourth-order valence-corrected chi connectivity index (χ4v) is 0.988. The van der Waals surface area contributed by atoms with Gasteiger partial charge in [0.2, 0.25) is 0 Å². The lowest BCUT2D eigenvalue weighted by molar-refractivity contribution is -0.152. The third kappa shape index (κ3) is 2.15. The second-order valence-electron chi connectivity index (χ2n) is 2.33. The molecule has 4 nitrogen and oxygen atoms in total.